The number of nitrogens with zero attached hydrogens (tertiary/aromatic N) is 3. The molecule has 2 aromatic heterocycles. The minimum atomic E-state index is -0.339. The highest BCUT2D eigenvalue weighted by atomic mass is 14.9. The smallest absolute Gasteiger partial charge is 0.149 e. The van der Waals surface area contributed by atoms with Crippen LogP contribution in [0.4, 0.5) is 0 Å². The van der Waals surface area contributed by atoms with Crippen molar-refractivity contribution in [2.75, 3.05) is 0 Å². The van der Waals surface area contributed by atoms with Gasteiger partial charge in [-0.25, -0.2) is 9.97 Å². The zero-order chi connectivity index (χ0) is 13.2. The van der Waals surface area contributed by atoms with Crippen molar-refractivity contribution >= 4 is 10.8 Å². The zero-order valence-electron chi connectivity index (χ0n) is 10.6. The van der Waals surface area contributed by atoms with E-state index in [1.807, 2.05) is 37.4 Å². The minimum Gasteiger partial charge on any atom is -0.318 e. The lowest BCUT2D eigenvalue weighted by Gasteiger charge is -2.13. The van der Waals surface area contributed by atoms with E-state index in [4.69, 9.17) is 5.73 Å². The summed E-state index contributed by atoms with van der Waals surface area (Å²) in [5, 5.41) is 2.16. The van der Waals surface area contributed by atoms with Crippen molar-refractivity contribution in [3.05, 3.63) is 66.0 Å². The highest BCUT2D eigenvalue weighted by Crippen LogP contribution is 2.24. The van der Waals surface area contributed by atoms with Crippen LogP contribution in [0.15, 0.2) is 49.1 Å². The van der Waals surface area contributed by atoms with Crippen LogP contribution in [0, 0.1) is 6.92 Å². The van der Waals surface area contributed by atoms with Crippen molar-refractivity contribution in [1.82, 2.24) is 15.0 Å². The van der Waals surface area contributed by atoms with E-state index in [2.05, 4.69) is 15.0 Å². The summed E-state index contributed by atoms with van der Waals surface area (Å²) in [6.45, 7) is 1.96. The number of rotatable bonds is 2. The number of benzene rings is 1. The van der Waals surface area contributed by atoms with Crippen LogP contribution in [0.1, 0.15) is 23.0 Å². The number of hydrogen-bond donors (Lipinski definition) is 1. The Morgan fingerprint density at radius 3 is 2.63 bits per heavy atom. The van der Waals surface area contributed by atoms with Crippen molar-refractivity contribution in [3.8, 4) is 0 Å². The Hall–Kier alpha value is -2.33. The van der Waals surface area contributed by atoms with Crippen molar-refractivity contribution in [2.24, 2.45) is 5.73 Å². The molecule has 4 heteroatoms. The molecule has 4 nitrogen and oxygen atoms in total. The fourth-order valence-corrected chi connectivity index (χ4v) is 2.11. The van der Waals surface area contributed by atoms with Gasteiger partial charge in [0.15, 0.2) is 0 Å². The summed E-state index contributed by atoms with van der Waals surface area (Å²) in [6, 6.07) is 7.67. The monoisotopic (exact) mass is 250 g/mol. The second kappa shape index (κ2) is 4.74. The second-order valence-corrected chi connectivity index (χ2v) is 4.54. The molecule has 1 aromatic carbocycles. The van der Waals surface area contributed by atoms with Crippen molar-refractivity contribution in [3.63, 3.8) is 0 Å². The summed E-state index contributed by atoms with van der Waals surface area (Å²) in [7, 11) is 0. The van der Waals surface area contributed by atoms with Gasteiger partial charge in [-0.3, -0.25) is 4.98 Å². The molecule has 2 heterocycles. The molecule has 0 fully saturated rings. The van der Waals surface area contributed by atoms with Crippen LogP contribution >= 0.6 is 0 Å². The van der Waals surface area contributed by atoms with Crippen molar-refractivity contribution in [2.45, 2.75) is 13.0 Å². The summed E-state index contributed by atoms with van der Waals surface area (Å²) >= 11 is 0. The molecule has 0 aliphatic rings. The summed E-state index contributed by atoms with van der Waals surface area (Å²) in [4.78, 5) is 12.8. The summed E-state index contributed by atoms with van der Waals surface area (Å²) < 4.78 is 0. The van der Waals surface area contributed by atoms with Crippen molar-refractivity contribution in [1.29, 1.82) is 0 Å². The minimum absolute atomic E-state index is 0.339. The van der Waals surface area contributed by atoms with Crippen LogP contribution in [0.2, 0.25) is 0 Å². The molecular weight excluding hydrogens is 236 g/mol. The Morgan fingerprint density at radius 2 is 1.84 bits per heavy atom. The third kappa shape index (κ3) is 2.18. The van der Waals surface area contributed by atoms with E-state index < -0.39 is 0 Å². The van der Waals surface area contributed by atoms with Crippen LogP contribution in [0.3, 0.4) is 0 Å². The first-order chi connectivity index (χ1) is 9.25. The maximum atomic E-state index is 6.28. The van der Waals surface area contributed by atoms with Crippen LogP contribution < -0.4 is 5.73 Å². The van der Waals surface area contributed by atoms with E-state index in [0.717, 1.165) is 21.9 Å². The average Bonchev–Trinajstić information content (AvgIpc) is 2.47. The van der Waals surface area contributed by atoms with Gasteiger partial charge in [-0.05, 0) is 29.5 Å². The summed E-state index contributed by atoms with van der Waals surface area (Å²) in [5.41, 5.74) is 8.30. The molecule has 1 atom stereocenters. The lowest BCUT2D eigenvalue weighted by molar-refractivity contribution is 0.783. The molecule has 0 aliphatic heterocycles. The molecule has 0 saturated heterocycles. The normalized spacial score (nSPS) is 12.5. The molecular formula is C15H14N4. The molecule has 0 bridgehead atoms. The predicted octanol–water partition coefficient (Wildman–Crippen LogP) is 2.38. The lowest BCUT2D eigenvalue weighted by Crippen LogP contribution is -2.15. The van der Waals surface area contributed by atoms with Gasteiger partial charge in [0, 0.05) is 30.2 Å². The van der Waals surface area contributed by atoms with E-state index in [-0.39, 0.29) is 6.04 Å². The fourth-order valence-electron chi connectivity index (χ4n) is 2.11. The van der Waals surface area contributed by atoms with Crippen LogP contribution in [-0.2, 0) is 0 Å². The predicted molar refractivity (Wildman–Crippen MR) is 74.5 cm³/mol. The van der Waals surface area contributed by atoms with E-state index >= 15 is 0 Å². The van der Waals surface area contributed by atoms with E-state index in [9.17, 15) is 0 Å². The van der Waals surface area contributed by atoms with E-state index in [1.54, 1.807) is 18.6 Å². The number of aromatic nitrogens is 3. The van der Waals surface area contributed by atoms with Gasteiger partial charge in [0.05, 0.1) is 6.04 Å². The summed E-state index contributed by atoms with van der Waals surface area (Å²) in [5.74, 6) is 0.627. The third-order valence-corrected chi connectivity index (χ3v) is 3.13. The number of aryl methyl sites for hydroxylation is 1. The Balaban J connectivity index is 2.11. The lowest BCUT2D eigenvalue weighted by atomic mass is 10.0. The molecule has 0 aliphatic carbocycles. The molecule has 3 rings (SSSR count). The Labute approximate surface area is 111 Å². The van der Waals surface area contributed by atoms with Gasteiger partial charge in [-0.2, -0.15) is 0 Å². The van der Waals surface area contributed by atoms with Gasteiger partial charge in [-0.1, -0.05) is 18.2 Å². The number of nitrogens with two attached hydrogens (primary N) is 1. The van der Waals surface area contributed by atoms with Gasteiger partial charge >= 0.3 is 0 Å². The van der Waals surface area contributed by atoms with Gasteiger partial charge in [0.2, 0.25) is 0 Å². The van der Waals surface area contributed by atoms with Crippen LogP contribution in [0.5, 0.6) is 0 Å². The fraction of sp³-hybridized carbons (Fsp3) is 0.133. The maximum absolute atomic E-state index is 6.28. The maximum Gasteiger partial charge on any atom is 0.149 e. The van der Waals surface area contributed by atoms with Gasteiger partial charge < -0.3 is 5.73 Å². The highest BCUT2D eigenvalue weighted by molar-refractivity contribution is 5.85. The number of hydrogen-bond acceptors (Lipinski definition) is 4. The van der Waals surface area contributed by atoms with Crippen LogP contribution in [-0.4, -0.2) is 15.0 Å². The topological polar surface area (TPSA) is 64.7 Å². The molecule has 0 saturated carbocycles. The summed E-state index contributed by atoms with van der Waals surface area (Å²) in [6.07, 6.45) is 7.18. The van der Waals surface area contributed by atoms with Gasteiger partial charge in [-0.15, -0.1) is 0 Å². The SMILES string of the molecule is Cc1cnc(C(N)c2cccc3ccncc23)nc1. The zero-order valence-corrected chi connectivity index (χ0v) is 10.6. The van der Waals surface area contributed by atoms with Crippen molar-refractivity contribution < 1.29 is 0 Å². The number of pyridine rings is 1. The quantitative estimate of drug-likeness (QED) is 0.758. The Kier molecular flexibility index (Phi) is 2.93. The Bertz CT molecular complexity index is 701. The molecule has 1 unspecified atom stereocenters. The molecule has 3 aromatic rings. The van der Waals surface area contributed by atoms with Gasteiger partial charge in [0.1, 0.15) is 5.82 Å². The molecule has 0 spiro atoms. The van der Waals surface area contributed by atoms with Crippen LogP contribution in [0.25, 0.3) is 10.8 Å². The largest absolute Gasteiger partial charge is 0.318 e. The highest BCUT2D eigenvalue weighted by Gasteiger charge is 2.14. The first kappa shape index (κ1) is 11.7. The number of fused-ring (bicyclic) bond motifs is 1. The average molecular weight is 250 g/mol. The van der Waals surface area contributed by atoms with E-state index in [1.165, 1.54) is 0 Å². The second-order valence-electron chi connectivity index (χ2n) is 4.54. The van der Waals surface area contributed by atoms with Gasteiger partial charge in [0.25, 0.3) is 0 Å². The third-order valence-electron chi connectivity index (χ3n) is 3.13. The standard InChI is InChI=1S/C15H14N4/c1-10-7-18-15(19-8-10)14(16)12-4-2-3-11-5-6-17-9-13(11)12/h2-9,14H,16H2,1H3. The Morgan fingerprint density at radius 1 is 1.05 bits per heavy atom. The molecule has 19 heavy (non-hydrogen) atoms. The first-order valence-electron chi connectivity index (χ1n) is 6.12. The molecule has 0 radical (unpaired) electrons. The molecule has 0 amide bonds. The molecule has 2 N–H and O–H groups in total. The first-order valence-corrected chi connectivity index (χ1v) is 6.12. The molecule has 94 valence electrons. The van der Waals surface area contributed by atoms with E-state index in [0.29, 0.717) is 5.82 Å².